The van der Waals surface area contributed by atoms with Crippen LogP contribution in [0.15, 0.2) is 24.3 Å². The zero-order valence-electron chi connectivity index (χ0n) is 25.2. The fourth-order valence-corrected chi connectivity index (χ4v) is 6.01. The maximum Gasteiger partial charge on any atom is 0.355 e. The predicted octanol–water partition coefficient (Wildman–Crippen LogP) is 6.67. The second-order valence-electron chi connectivity index (χ2n) is 10.6. The summed E-state index contributed by atoms with van der Waals surface area (Å²) >= 11 is 13.2. The molecule has 43 heavy (non-hydrogen) atoms. The van der Waals surface area contributed by atoms with Gasteiger partial charge in [-0.3, -0.25) is 9.48 Å². The molecular formula is C32H38Cl2N4O5. The van der Waals surface area contributed by atoms with Gasteiger partial charge in [-0.25, -0.2) is 4.79 Å². The molecule has 0 spiro atoms. The first kappa shape index (κ1) is 32.4. The van der Waals surface area contributed by atoms with Gasteiger partial charge in [-0.05, 0) is 95.3 Å². The molecule has 0 aliphatic heterocycles. The van der Waals surface area contributed by atoms with E-state index in [0.29, 0.717) is 66.6 Å². The second-order valence-corrected chi connectivity index (χ2v) is 11.4. The van der Waals surface area contributed by atoms with E-state index in [1.807, 2.05) is 56.5 Å². The Morgan fingerprint density at radius 1 is 1.05 bits per heavy atom. The Balaban J connectivity index is 1.85. The molecule has 0 aliphatic carbocycles. The molecule has 0 bridgehead atoms. The van der Waals surface area contributed by atoms with Crippen molar-refractivity contribution < 1.29 is 24.2 Å². The molecule has 4 aromatic rings. The quantitative estimate of drug-likeness (QED) is 0.125. The summed E-state index contributed by atoms with van der Waals surface area (Å²) in [6.45, 7) is 10.6. The molecule has 0 unspecified atom stereocenters. The number of hydrogen-bond donors (Lipinski definition) is 2. The normalized spacial score (nSPS) is 11.3. The number of carboxylic acid groups (broad SMARTS) is 1. The number of hydrogen-bond acceptors (Lipinski definition) is 6. The van der Waals surface area contributed by atoms with Crippen molar-refractivity contribution >= 4 is 46.0 Å². The monoisotopic (exact) mass is 628 g/mol. The number of ether oxygens (including phenoxy) is 2. The van der Waals surface area contributed by atoms with Crippen molar-refractivity contribution in [3.63, 3.8) is 0 Å². The van der Waals surface area contributed by atoms with E-state index in [2.05, 4.69) is 5.10 Å². The van der Waals surface area contributed by atoms with Crippen LogP contribution in [-0.4, -0.2) is 51.2 Å². The third-order valence-corrected chi connectivity index (χ3v) is 8.41. The number of fused-ring (bicyclic) bond motifs is 1. The van der Waals surface area contributed by atoms with Crippen LogP contribution in [0.5, 0.6) is 5.75 Å². The number of aliphatic carboxylic acids is 1. The van der Waals surface area contributed by atoms with Gasteiger partial charge >= 0.3 is 11.9 Å². The highest BCUT2D eigenvalue weighted by molar-refractivity contribution is 6.35. The van der Waals surface area contributed by atoms with Gasteiger partial charge in [0.15, 0.2) is 0 Å². The second kappa shape index (κ2) is 13.8. The lowest BCUT2D eigenvalue weighted by Crippen LogP contribution is -2.16. The number of rotatable bonds is 13. The van der Waals surface area contributed by atoms with Crippen LogP contribution in [0.1, 0.15) is 58.3 Å². The molecule has 4 rings (SSSR count). The molecule has 3 N–H and O–H groups in total. The summed E-state index contributed by atoms with van der Waals surface area (Å²) in [5.41, 5.74) is 12.6. The van der Waals surface area contributed by atoms with E-state index in [-0.39, 0.29) is 13.2 Å². The first-order chi connectivity index (χ1) is 20.5. The Kier molecular flexibility index (Phi) is 10.4. The molecule has 0 fully saturated rings. The van der Waals surface area contributed by atoms with Crippen LogP contribution in [0.25, 0.3) is 22.0 Å². The zero-order chi connectivity index (χ0) is 31.4. The summed E-state index contributed by atoms with van der Waals surface area (Å²) in [7, 11) is 0. The van der Waals surface area contributed by atoms with E-state index in [9.17, 15) is 14.7 Å². The maximum atomic E-state index is 13.5. The lowest BCUT2D eigenvalue weighted by Gasteiger charge is -2.14. The van der Waals surface area contributed by atoms with Gasteiger partial charge in [0.1, 0.15) is 18.0 Å². The number of nitrogens with two attached hydrogens (primary N) is 1. The largest absolute Gasteiger partial charge is 0.494 e. The lowest BCUT2D eigenvalue weighted by molar-refractivity contribution is -0.137. The van der Waals surface area contributed by atoms with Gasteiger partial charge in [-0.2, -0.15) is 5.10 Å². The molecule has 2 heterocycles. The number of aromatic nitrogens is 3. The summed E-state index contributed by atoms with van der Waals surface area (Å²) in [6, 6.07) is 7.58. The van der Waals surface area contributed by atoms with Crippen LogP contribution in [0.3, 0.4) is 0 Å². The number of carboxylic acids is 1. The average Bonchev–Trinajstić information content (AvgIpc) is 3.40. The number of benzene rings is 2. The highest BCUT2D eigenvalue weighted by Crippen LogP contribution is 2.42. The van der Waals surface area contributed by atoms with E-state index in [1.165, 1.54) is 4.68 Å². The van der Waals surface area contributed by atoms with Crippen LogP contribution in [0.2, 0.25) is 10.0 Å². The van der Waals surface area contributed by atoms with Crippen LogP contribution in [0.4, 0.5) is 0 Å². The molecule has 11 heteroatoms. The molecule has 9 nitrogen and oxygen atoms in total. The van der Waals surface area contributed by atoms with E-state index < -0.39 is 11.9 Å². The van der Waals surface area contributed by atoms with Crippen LogP contribution in [0, 0.1) is 27.7 Å². The van der Waals surface area contributed by atoms with Crippen molar-refractivity contribution in [2.75, 3.05) is 19.8 Å². The number of esters is 1. The van der Waals surface area contributed by atoms with E-state index >= 15 is 0 Å². The summed E-state index contributed by atoms with van der Waals surface area (Å²) in [5.74, 6) is -0.674. The molecular weight excluding hydrogens is 591 g/mol. The molecule has 2 aromatic heterocycles. The Morgan fingerprint density at radius 2 is 1.74 bits per heavy atom. The van der Waals surface area contributed by atoms with Gasteiger partial charge in [0.05, 0.1) is 29.4 Å². The smallest absolute Gasteiger partial charge is 0.355 e. The Morgan fingerprint density at radius 3 is 2.37 bits per heavy atom. The summed E-state index contributed by atoms with van der Waals surface area (Å²) in [6.07, 6.45) is 1.80. The molecule has 0 saturated heterocycles. The maximum absolute atomic E-state index is 13.5. The van der Waals surface area contributed by atoms with Crippen molar-refractivity contribution in [3.05, 3.63) is 68.1 Å². The fourth-order valence-electron chi connectivity index (χ4n) is 5.66. The highest BCUT2D eigenvalue weighted by atomic mass is 35.5. The number of carbonyl (C=O) groups excluding carboxylic acids is 1. The van der Waals surface area contributed by atoms with Crippen molar-refractivity contribution in [3.8, 4) is 16.9 Å². The van der Waals surface area contributed by atoms with Crippen LogP contribution >= 0.6 is 23.2 Å². The average molecular weight is 630 g/mol. The summed E-state index contributed by atoms with van der Waals surface area (Å²) in [5, 5.41) is 16.0. The van der Waals surface area contributed by atoms with Gasteiger partial charge in [0.25, 0.3) is 0 Å². The van der Waals surface area contributed by atoms with Crippen LogP contribution < -0.4 is 10.5 Å². The van der Waals surface area contributed by atoms with Gasteiger partial charge in [-0.15, -0.1) is 0 Å². The number of aryl methyl sites for hydroxylation is 5. The standard InChI is InChI=1S/C32H38Cl2N4O5/c1-6-42-32(41)31-23(9-7-14-43-22-15-18(2)29(34)19(3)16-22)24-10-11-25(33)28(30(24)37(31)13-8-12-35)27-20(4)36-38(21(27)5)17-26(39)40/h10-11,15-16H,6-9,12-14,17,35H2,1-5H3,(H,39,40). The topological polar surface area (TPSA) is 122 Å². The molecule has 0 radical (unpaired) electrons. The molecule has 230 valence electrons. The Hall–Kier alpha value is -3.53. The van der Waals surface area contributed by atoms with Crippen LogP contribution in [-0.2, 0) is 29.0 Å². The number of halogens is 2. The third-order valence-electron chi connectivity index (χ3n) is 7.50. The minimum Gasteiger partial charge on any atom is -0.494 e. The van der Waals surface area contributed by atoms with E-state index in [0.717, 1.165) is 43.9 Å². The molecule has 0 amide bonds. The molecule has 0 saturated carbocycles. The Labute approximate surface area is 261 Å². The van der Waals surface area contributed by atoms with Gasteiger partial charge in [0, 0.05) is 33.8 Å². The Bertz CT molecular complexity index is 1650. The predicted molar refractivity (Wildman–Crippen MR) is 170 cm³/mol. The van der Waals surface area contributed by atoms with Crippen molar-refractivity contribution in [1.82, 2.24) is 14.3 Å². The number of nitrogens with zero attached hydrogens (tertiary/aromatic N) is 3. The highest BCUT2D eigenvalue weighted by Gasteiger charge is 2.28. The summed E-state index contributed by atoms with van der Waals surface area (Å²) < 4.78 is 15.0. The third kappa shape index (κ3) is 6.69. The first-order valence-electron chi connectivity index (χ1n) is 14.4. The fraction of sp³-hybridized carbons (Fsp3) is 0.406. The van der Waals surface area contributed by atoms with Crippen molar-refractivity contribution in [2.45, 2.75) is 67.0 Å². The molecule has 0 aliphatic rings. The first-order valence-corrected chi connectivity index (χ1v) is 15.1. The van der Waals surface area contributed by atoms with E-state index in [4.69, 9.17) is 38.4 Å². The number of carbonyl (C=O) groups is 2. The van der Waals surface area contributed by atoms with Crippen molar-refractivity contribution in [1.29, 1.82) is 0 Å². The molecule has 0 atom stereocenters. The van der Waals surface area contributed by atoms with Crippen molar-refractivity contribution in [2.24, 2.45) is 5.73 Å². The SMILES string of the molecule is CCOC(=O)c1c(CCCOc2cc(C)c(Cl)c(C)c2)c2ccc(Cl)c(-c3c(C)nn(CC(=O)O)c3C)c2n1CCCN. The minimum atomic E-state index is -0.995. The zero-order valence-corrected chi connectivity index (χ0v) is 26.7. The van der Waals surface area contributed by atoms with Gasteiger partial charge in [0.2, 0.25) is 0 Å². The summed E-state index contributed by atoms with van der Waals surface area (Å²) in [4.78, 5) is 25.0. The van der Waals surface area contributed by atoms with Gasteiger partial charge in [-0.1, -0.05) is 29.3 Å². The van der Waals surface area contributed by atoms with E-state index in [1.54, 1.807) is 6.92 Å². The lowest BCUT2D eigenvalue weighted by atomic mass is 9.98. The van der Waals surface area contributed by atoms with Gasteiger partial charge < -0.3 is 24.9 Å². The molecule has 2 aromatic carbocycles. The minimum absolute atomic E-state index is 0.225.